The number of ether oxygens (including phenoxy) is 1. The van der Waals surface area contributed by atoms with Crippen LogP contribution in [0.3, 0.4) is 0 Å². The number of benzene rings is 1. The maximum absolute atomic E-state index is 13.6. The number of halogens is 1. The third-order valence-corrected chi connectivity index (χ3v) is 2.54. The van der Waals surface area contributed by atoms with E-state index in [4.69, 9.17) is 9.84 Å². The number of hydrogen-bond acceptors (Lipinski definition) is 4. The molecule has 1 aromatic heterocycles. The molecule has 0 aliphatic rings. The van der Waals surface area contributed by atoms with Gasteiger partial charge in [0.2, 0.25) is 5.88 Å². The first-order valence-corrected chi connectivity index (χ1v) is 5.09. The third-order valence-electron chi connectivity index (χ3n) is 2.54. The average Bonchev–Trinajstić information content (AvgIpc) is 2.37. The standard InChI is InChI=1S/C12H12FNO3/c1-17-10-5-3-7-2-4-8(13)11(9(16)6-15)12(7)14-10/h2-5,9,15-16H,6H2,1H3. The van der Waals surface area contributed by atoms with Gasteiger partial charge in [0, 0.05) is 17.0 Å². The van der Waals surface area contributed by atoms with Gasteiger partial charge in [-0.05, 0) is 18.2 Å². The molecule has 17 heavy (non-hydrogen) atoms. The van der Waals surface area contributed by atoms with E-state index < -0.39 is 18.5 Å². The second kappa shape index (κ2) is 4.65. The van der Waals surface area contributed by atoms with Gasteiger partial charge in [-0.1, -0.05) is 0 Å². The number of fused-ring (bicyclic) bond motifs is 1. The number of rotatable bonds is 3. The van der Waals surface area contributed by atoms with Crippen molar-refractivity contribution < 1.29 is 19.3 Å². The molecule has 4 nitrogen and oxygen atoms in total. The normalized spacial score (nSPS) is 12.7. The highest BCUT2D eigenvalue weighted by molar-refractivity contribution is 5.83. The minimum absolute atomic E-state index is 0.0103. The summed E-state index contributed by atoms with van der Waals surface area (Å²) in [4.78, 5) is 4.09. The zero-order valence-corrected chi connectivity index (χ0v) is 9.22. The maximum atomic E-state index is 13.6. The lowest BCUT2D eigenvalue weighted by Crippen LogP contribution is -2.07. The molecule has 90 valence electrons. The Balaban J connectivity index is 2.73. The van der Waals surface area contributed by atoms with Gasteiger partial charge in [-0.3, -0.25) is 0 Å². The first kappa shape index (κ1) is 11.8. The second-order valence-corrected chi connectivity index (χ2v) is 3.58. The number of aromatic nitrogens is 1. The van der Waals surface area contributed by atoms with Gasteiger partial charge in [0.25, 0.3) is 0 Å². The van der Waals surface area contributed by atoms with Crippen LogP contribution in [0.5, 0.6) is 5.88 Å². The number of methoxy groups -OCH3 is 1. The molecule has 5 heteroatoms. The van der Waals surface area contributed by atoms with Crippen molar-refractivity contribution in [3.05, 3.63) is 35.6 Å². The van der Waals surface area contributed by atoms with E-state index in [0.717, 1.165) is 0 Å². The predicted octanol–water partition coefficient (Wildman–Crippen LogP) is 1.41. The van der Waals surface area contributed by atoms with Crippen molar-refractivity contribution in [3.8, 4) is 5.88 Å². The van der Waals surface area contributed by atoms with Gasteiger partial charge < -0.3 is 14.9 Å². The summed E-state index contributed by atoms with van der Waals surface area (Å²) < 4.78 is 18.6. The van der Waals surface area contributed by atoms with E-state index >= 15 is 0 Å². The average molecular weight is 237 g/mol. The first-order chi connectivity index (χ1) is 8.17. The molecule has 0 saturated heterocycles. The summed E-state index contributed by atoms with van der Waals surface area (Å²) in [6, 6.07) is 6.17. The molecule has 0 fully saturated rings. The van der Waals surface area contributed by atoms with Crippen LogP contribution in [0.4, 0.5) is 4.39 Å². The monoisotopic (exact) mass is 237 g/mol. The Morgan fingerprint density at radius 3 is 2.71 bits per heavy atom. The van der Waals surface area contributed by atoms with Crippen LogP contribution in [0.2, 0.25) is 0 Å². The van der Waals surface area contributed by atoms with Crippen LogP contribution < -0.4 is 4.74 Å². The van der Waals surface area contributed by atoms with Gasteiger partial charge in [0.15, 0.2) is 0 Å². The van der Waals surface area contributed by atoms with Gasteiger partial charge in [0.1, 0.15) is 11.9 Å². The Morgan fingerprint density at radius 1 is 1.35 bits per heavy atom. The van der Waals surface area contributed by atoms with E-state index in [0.29, 0.717) is 16.8 Å². The Bertz CT molecular complexity index is 545. The summed E-state index contributed by atoms with van der Waals surface area (Å²) in [7, 11) is 1.45. The van der Waals surface area contributed by atoms with Crippen molar-refractivity contribution in [2.24, 2.45) is 0 Å². The van der Waals surface area contributed by atoms with Crippen molar-refractivity contribution in [2.45, 2.75) is 6.10 Å². The molecule has 0 bridgehead atoms. The summed E-state index contributed by atoms with van der Waals surface area (Å²) in [5.41, 5.74) is 0.287. The predicted molar refractivity (Wildman–Crippen MR) is 60.3 cm³/mol. The first-order valence-electron chi connectivity index (χ1n) is 5.09. The number of aliphatic hydroxyl groups excluding tert-OH is 2. The Labute approximate surface area is 97.3 Å². The second-order valence-electron chi connectivity index (χ2n) is 3.58. The van der Waals surface area contributed by atoms with E-state index in [2.05, 4.69) is 4.98 Å². The lowest BCUT2D eigenvalue weighted by Gasteiger charge is -2.12. The van der Waals surface area contributed by atoms with Crippen LogP contribution in [0.1, 0.15) is 11.7 Å². The van der Waals surface area contributed by atoms with Crippen LogP contribution in [0.25, 0.3) is 10.9 Å². The van der Waals surface area contributed by atoms with Crippen molar-refractivity contribution in [3.63, 3.8) is 0 Å². The molecule has 2 N–H and O–H groups in total. The summed E-state index contributed by atoms with van der Waals surface area (Å²) >= 11 is 0. The zero-order valence-electron chi connectivity index (χ0n) is 9.22. The molecule has 0 saturated carbocycles. The summed E-state index contributed by atoms with van der Waals surface area (Å²) in [5, 5.41) is 19.2. The minimum atomic E-state index is -1.29. The molecule has 0 aliphatic heterocycles. The van der Waals surface area contributed by atoms with Crippen LogP contribution >= 0.6 is 0 Å². The molecular weight excluding hydrogens is 225 g/mol. The van der Waals surface area contributed by atoms with E-state index in [1.165, 1.54) is 13.2 Å². The van der Waals surface area contributed by atoms with Gasteiger partial charge in [-0.2, -0.15) is 0 Å². The van der Waals surface area contributed by atoms with Crippen molar-refractivity contribution in [1.82, 2.24) is 4.98 Å². The highest BCUT2D eigenvalue weighted by atomic mass is 19.1. The third kappa shape index (κ3) is 2.07. The fraction of sp³-hybridized carbons (Fsp3) is 0.250. The molecule has 2 rings (SSSR count). The summed E-state index contributed by atoms with van der Waals surface area (Å²) in [5.74, 6) is -0.269. The maximum Gasteiger partial charge on any atom is 0.213 e. The fourth-order valence-electron chi connectivity index (χ4n) is 1.69. The largest absolute Gasteiger partial charge is 0.481 e. The number of hydrogen-bond donors (Lipinski definition) is 2. The van der Waals surface area contributed by atoms with Gasteiger partial charge in [-0.25, -0.2) is 9.37 Å². The topological polar surface area (TPSA) is 62.6 Å². The van der Waals surface area contributed by atoms with E-state index in [-0.39, 0.29) is 5.56 Å². The van der Waals surface area contributed by atoms with E-state index in [9.17, 15) is 9.50 Å². The van der Waals surface area contributed by atoms with Gasteiger partial charge in [0.05, 0.1) is 19.2 Å². The van der Waals surface area contributed by atoms with Crippen molar-refractivity contribution in [1.29, 1.82) is 0 Å². The smallest absolute Gasteiger partial charge is 0.213 e. The molecule has 0 spiro atoms. The highest BCUT2D eigenvalue weighted by Gasteiger charge is 2.17. The van der Waals surface area contributed by atoms with Crippen molar-refractivity contribution in [2.75, 3.05) is 13.7 Å². The number of pyridine rings is 1. The minimum Gasteiger partial charge on any atom is -0.481 e. The SMILES string of the molecule is COc1ccc2ccc(F)c(C(O)CO)c2n1. The quantitative estimate of drug-likeness (QED) is 0.847. The lowest BCUT2D eigenvalue weighted by molar-refractivity contribution is 0.0936. The summed E-state index contributed by atoms with van der Waals surface area (Å²) in [6.45, 7) is -0.561. The number of aliphatic hydroxyl groups is 2. The molecule has 2 aromatic rings. The Morgan fingerprint density at radius 2 is 2.06 bits per heavy atom. The van der Waals surface area contributed by atoms with E-state index in [1.807, 2.05) is 0 Å². The van der Waals surface area contributed by atoms with E-state index in [1.54, 1.807) is 18.2 Å². The molecule has 1 unspecified atom stereocenters. The molecule has 1 aromatic carbocycles. The Hall–Kier alpha value is -1.72. The van der Waals surface area contributed by atoms with Crippen molar-refractivity contribution >= 4 is 10.9 Å². The van der Waals surface area contributed by atoms with Crippen LogP contribution in [0, 0.1) is 5.82 Å². The Kier molecular flexibility index (Phi) is 3.21. The molecule has 0 amide bonds. The zero-order chi connectivity index (χ0) is 12.4. The molecule has 0 aliphatic carbocycles. The van der Waals surface area contributed by atoms with Gasteiger partial charge in [-0.15, -0.1) is 0 Å². The number of nitrogens with zero attached hydrogens (tertiary/aromatic N) is 1. The molecule has 1 atom stereocenters. The van der Waals surface area contributed by atoms with Crippen LogP contribution in [-0.4, -0.2) is 28.9 Å². The molecule has 0 radical (unpaired) electrons. The highest BCUT2D eigenvalue weighted by Crippen LogP contribution is 2.27. The summed E-state index contributed by atoms with van der Waals surface area (Å²) in [6.07, 6.45) is -1.29. The van der Waals surface area contributed by atoms with Crippen LogP contribution in [0.15, 0.2) is 24.3 Å². The lowest BCUT2D eigenvalue weighted by atomic mass is 10.0. The van der Waals surface area contributed by atoms with Gasteiger partial charge >= 0.3 is 0 Å². The molecule has 1 heterocycles. The molecular formula is C12H12FNO3. The van der Waals surface area contributed by atoms with Crippen LogP contribution in [-0.2, 0) is 0 Å². The fourth-order valence-corrected chi connectivity index (χ4v) is 1.69.